The van der Waals surface area contributed by atoms with Gasteiger partial charge in [-0.1, -0.05) is 24.3 Å². The van der Waals surface area contributed by atoms with Crippen LogP contribution in [-0.2, 0) is 0 Å². The van der Waals surface area contributed by atoms with Gasteiger partial charge in [0.1, 0.15) is 11.6 Å². The SMILES string of the molecule is Fc1cc(F)cc(-c2cccc(C3CCNC3)c2)c1. The number of hydrogen-bond acceptors (Lipinski definition) is 1. The molecule has 1 unspecified atom stereocenters. The highest BCUT2D eigenvalue weighted by molar-refractivity contribution is 5.64. The van der Waals surface area contributed by atoms with E-state index in [0.29, 0.717) is 11.5 Å². The summed E-state index contributed by atoms with van der Waals surface area (Å²) in [5, 5.41) is 3.33. The summed E-state index contributed by atoms with van der Waals surface area (Å²) in [7, 11) is 0. The van der Waals surface area contributed by atoms with Crippen LogP contribution in [0.3, 0.4) is 0 Å². The first-order valence-electron chi connectivity index (χ1n) is 6.49. The van der Waals surface area contributed by atoms with Crippen molar-refractivity contribution in [2.45, 2.75) is 12.3 Å². The highest BCUT2D eigenvalue weighted by Crippen LogP contribution is 2.28. The maximum Gasteiger partial charge on any atom is 0.126 e. The van der Waals surface area contributed by atoms with E-state index in [-0.39, 0.29) is 0 Å². The van der Waals surface area contributed by atoms with Crippen molar-refractivity contribution in [2.24, 2.45) is 0 Å². The molecular weight excluding hydrogens is 244 g/mol. The molecule has 0 bridgehead atoms. The fourth-order valence-electron chi connectivity index (χ4n) is 2.63. The van der Waals surface area contributed by atoms with Crippen LogP contribution in [0.1, 0.15) is 17.9 Å². The molecule has 2 aromatic rings. The molecule has 3 heteroatoms. The van der Waals surface area contributed by atoms with Gasteiger partial charge in [-0.2, -0.15) is 0 Å². The highest BCUT2D eigenvalue weighted by Gasteiger charge is 2.16. The van der Waals surface area contributed by atoms with Gasteiger partial charge in [-0.15, -0.1) is 0 Å². The molecule has 1 nitrogen and oxygen atoms in total. The minimum atomic E-state index is -0.539. The Morgan fingerprint density at radius 3 is 2.42 bits per heavy atom. The summed E-state index contributed by atoms with van der Waals surface area (Å²) in [5.41, 5.74) is 2.68. The molecular formula is C16H15F2N. The van der Waals surface area contributed by atoms with Crippen molar-refractivity contribution in [1.82, 2.24) is 5.32 Å². The van der Waals surface area contributed by atoms with Crippen molar-refractivity contribution >= 4 is 0 Å². The Bertz CT molecular complexity index is 569. The molecule has 0 radical (unpaired) electrons. The molecule has 3 rings (SSSR count). The summed E-state index contributed by atoms with van der Waals surface area (Å²) in [5.74, 6) is -0.579. The van der Waals surface area contributed by atoms with E-state index in [1.165, 1.54) is 17.7 Å². The normalized spacial score (nSPS) is 18.7. The van der Waals surface area contributed by atoms with E-state index in [1.807, 2.05) is 18.2 Å². The van der Waals surface area contributed by atoms with Gasteiger partial charge in [-0.05, 0) is 47.7 Å². The lowest BCUT2D eigenvalue weighted by atomic mass is 9.94. The average Bonchev–Trinajstić information content (AvgIpc) is 2.92. The summed E-state index contributed by atoms with van der Waals surface area (Å²) >= 11 is 0. The molecule has 98 valence electrons. The van der Waals surface area contributed by atoms with Crippen molar-refractivity contribution in [1.29, 1.82) is 0 Å². The van der Waals surface area contributed by atoms with Gasteiger partial charge in [0.2, 0.25) is 0 Å². The molecule has 1 aliphatic rings. The zero-order valence-electron chi connectivity index (χ0n) is 10.5. The molecule has 19 heavy (non-hydrogen) atoms. The number of benzene rings is 2. The summed E-state index contributed by atoms with van der Waals surface area (Å²) in [6.07, 6.45) is 1.11. The molecule has 0 aliphatic carbocycles. The van der Waals surface area contributed by atoms with Crippen LogP contribution < -0.4 is 5.32 Å². The predicted octanol–water partition coefficient (Wildman–Crippen LogP) is 3.71. The molecule has 1 aliphatic heterocycles. The molecule has 0 amide bonds. The molecule has 1 saturated heterocycles. The van der Waals surface area contributed by atoms with Gasteiger partial charge in [0.25, 0.3) is 0 Å². The zero-order chi connectivity index (χ0) is 13.2. The van der Waals surface area contributed by atoms with Crippen LogP contribution in [0.4, 0.5) is 8.78 Å². The second-order valence-corrected chi connectivity index (χ2v) is 4.97. The van der Waals surface area contributed by atoms with Gasteiger partial charge in [0, 0.05) is 12.6 Å². The van der Waals surface area contributed by atoms with Crippen molar-refractivity contribution in [3.8, 4) is 11.1 Å². The van der Waals surface area contributed by atoms with Gasteiger partial charge < -0.3 is 5.32 Å². The van der Waals surface area contributed by atoms with E-state index < -0.39 is 11.6 Å². The van der Waals surface area contributed by atoms with Gasteiger partial charge >= 0.3 is 0 Å². The Hall–Kier alpha value is -1.74. The number of hydrogen-bond donors (Lipinski definition) is 1. The summed E-state index contributed by atoms with van der Waals surface area (Å²) < 4.78 is 26.5. The maximum absolute atomic E-state index is 13.3. The Balaban J connectivity index is 1.98. The topological polar surface area (TPSA) is 12.0 Å². The summed E-state index contributed by atoms with van der Waals surface area (Å²) in [4.78, 5) is 0. The third-order valence-electron chi connectivity index (χ3n) is 3.61. The van der Waals surface area contributed by atoms with Crippen LogP contribution >= 0.6 is 0 Å². The van der Waals surface area contributed by atoms with E-state index >= 15 is 0 Å². The molecule has 2 aromatic carbocycles. The van der Waals surface area contributed by atoms with Gasteiger partial charge in [0.05, 0.1) is 0 Å². The molecule has 1 heterocycles. The second-order valence-electron chi connectivity index (χ2n) is 4.97. The van der Waals surface area contributed by atoms with E-state index in [4.69, 9.17) is 0 Å². The fraction of sp³-hybridized carbons (Fsp3) is 0.250. The Kier molecular flexibility index (Phi) is 3.30. The standard InChI is InChI=1S/C16H15F2N/c17-15-7-14(8-16(18)9-15)12-3-1-2-11(6-12)13-4-5-19-10-13/h1-3,6-9,13,19H,4-5,10H2. The summed E-state index contributed by atoms with van der Waals surface area (Å²) in [6.45, 7) is 2.00. The van der Waals surface area contributed by atoms with Gasteiger partial charge in [0.15, 0.2) is 0 Å². The molecule has 1 fully saturated rings. The predicted molar refractivity (Wildman–Crippen MR) is 72.0 cm³/mol. The largest absolute Gasteiger partial charge is 0.316 e. The first-order valence-corrected chi connectivity index (χ1v) is 6.49. The molecule has 0 aromatic heterocycles. The molecule has 0 spiro atoms. The van der Waals surface area contributed by atoms with Crippen LogP contribution in [0.25, 0.3) is 11.1 Å². The van der Waals surface area contributed by atoms with Crippen LogP contribution in [0.15, 0.2) is 42.5 Å². The van der Waals surface area contributed by atoms with E-state index in [0.717, 1.165) is 31.1 Å². The van der Waals surface area contributed by atoms with E-state index in [9.17, 15) is 8.78 Å². The van der Waals surface area contributed by atoms with Gasteiger partial charge in [-0.3, -0.25) is 0 Å². The molecule has 0 saturated carbocycles. The van der Waals surface area contributed by atoms with E-state index in [2.05, 4.69) is 11.4 Å². The van der Waals surface area contributed by atoms with Crippen molar-refractivity contribution < 1.29 is 8.78 Å². The number of nitrogens with one attached hydrogen (secondary N) is 1. The number of halogens is 2. The van der Waals surface area contributed by atoms with Crippen LogP contribution in [-0.4, -0.2) is 13.1 Å². The van der Waals surface area contributed by atoms with Gasteiger partial charge in [-0.25, -0.2) is 8.78 Å². The smallest absolute Gasteiger partial charge is 0.126 e. The molecule has 1 atom stereocenters. The lowest BCUT2D eigenvalue weighted by molar-refractivity contribution is 0.584. The lowest BCUT2D eigenvalue weighted by Crippen LogP contribution is -2.07. The molecule has 1 N–H and O–H groups in total. The second kappa shape index (κ2) is 5.10. The zero-order valence-corrected chi connectivity index (χ0v) is 10.5. The third-order valence-corrected chi connectivity index (χ3v) is 3.61. The minimum Gasteiger partial charge on any atom is -0.316 e. The van der Waals surface area contributed by atoms with E-state index in [1.54, 1.807) is 0 Å². The Morgan fingerprint density at radius 1 is 0.947 bits per heavy atom. The fourth-order valence-corrected chi connectivity index (χ4v) is 2.63. The maximum atomic E-state index is 13.3. The monoisotopic (exact) mass is 259 g/mol. The van der Waals surface area contributed by atoms with Crippen LogP contribution in [0.5, 0.6) is 0 Å². The number of rotatable bonds is 2. The quantitative estimate of drug-likeness (QED) is 0.867. The summed E-state index contributed by atoms with van der Waals surface area (Å²) in [6, 6.07) is 11.6. The lowest BCUT2D eigenvalue weighted by Gasteiger charge is -2.11. The first kappa shape index (κ1) is 12.3. The van der Waals surface area contributed by atoms with Crippen molar-refractivity contribution in [3.63, 3.8) is 0 Å². The first-order chi connectivity index (χ1) is 9.22. The van der Waals surface area contributed by atoms with Crippen molar-refractivity contribution in [2.75, 3.05) is 13.1 Å². The van der Waals surface area contributed by atoms with Crippen LogP contribution in [0.2, 0.25) is 0 Å². The van der Waals surface area contributed by atoms with Crippen LogP contribution in [0, 0.1) is 11.6 Å². The van der Waals surface area contributed by atoms with Crippen molar-refractivity contribution in [3.05, 3.63) is 59.7 Å². The highest BCUT2D eigenvalue weighted by atomic mass is 19.1. The minimum absolute atomic E-state index is 0.498. The Morgan fingerprint density at radius 2 is 1.74 bits per heavy atom. The third kappa shape index (κ3) is 2.66. The Labute approximate surface area is 111 Å². The average molecular weight is 259 g/mol.